The molecule has 118 valence electrons. The third kappa shape index (κ3) is 5.33. The molecule has 3 heteroatoms. The molecular formula is C18H30N2O. The van der Waals surface area contributed by atoms with Gasteiger partial charge in [0, 0.05) is 19.1 Å². The molecule has 0 radical (unpaired) electrons. The van der Waals surface area contributed by atoms with Crippen LogP contribution in [0.25, 0.3) is 0 Å². The maximum absolute atomic E-state index is 5.82. The molecule has 0 heterocycles. The molecule has 1 aromatic rings. The van der Waals surface area contributed by atoms with E-state index in [-0.39, 0.29) is 0 Å². The van der Waals surface area contributed by atoms with Crippen molar-refractivity contribution in [2.75, 3.05) is 20.2 Å². The Morgan fingerprint density at radius 3 is 2.71 bits per heavy atom. The van der Waals surface area contributed by atoms with E-state index in [2.05, 4.69) is 18.9 Å². The van der Waals surface area contributed by atoms with Crippen LogP contribution in [0, 0.1) is 5.92 Å². The fourth-order valence-corrected chi connectivity index (χ4v) is 3.13. The van der Waals surface area contributed by atoms with Crippen molar-refractivity contribution in [1.29, 1.82) is 0 Å². The molecular weight excluding hydrogens is 260 g/mol. The SMILES string of the molecule is CC1CCC(N(C)CCCOc2cccc(CN)c2)CC1. The van der Waals surface area contributed by atoms with E-state index in [0.29, 0.717) is 6.54 Å². The Balaban J connectivity index is 1.64. The van der Waals surface area contributed by atoms with Crippen molar-refractivity contribution in [2.45, 2.75) is 51.6 Å². The highest BCUT2D eigenvalue weighted by Gasteiger charge is 2.21. The van der Waals surface area contributed by atoms with Crippen LogP contribution in [0.4, 0.5) is 0 Å². The Bertz CT molecular complexity index is 413. The summed E-state index contributed by atoms with van der Waals surface area (Å²) >= 11 is 0. The Morgan fingerprint density at radius 2 is 2.00 bits per heavy atom. The Morgan fingerprint density at radius 1 is 1.24 bits per heavy atom. The minimum absolute atomic E-state index is 0.569. The first-order valence-corrected chi connectivity index (χ1v) is 8.31. The molecule has 0 unspecified atom stereocenters. The molecule has 1 fully saturated rings. The second-order valence-corrected chi connectivity index (χ2v) is 6.45. The highest BCUT2D eigenvalue weighted by molar-refractivity contribution is 5.28. The number of hydrogen-bond donors (Lipinski definition) is 1. The van der Waals surface area contributed by atoms with Crippen molar-refractivity contribution >= 4 is 0 Å². The predicted octanol–water partition coefficient (Wildman–Crippen LogP) is 3.42. The Labute approximate surface area is 129 Å². The van der Waals surface area contributed by atoms with Crippen LogP contribution < -0.4 is 10.5 Å². The van der Waals surface area contributed by atoms with Gasteiger partial charge in [-0.25, -0.2) is 0 Å². The van der Waals surface area contributed by atoms with E-state index in [0.717, 1.165) is 42.8 Å². The lowest BCUT2D eigenvalue weighted by Gasteiger charge is -2.33. The first-order chi connectivity index (χ1) is 10.2. The second kappa shape index (κ2) is 8.40. The molecule has 0 spiro atoms. The number of benzene rings is 1. The minimum atomic E-state index is 0.569. The van der Waals surface area contributed by atoms with E-state index in [1.54, 1.807) is 0 Å². The highest BCUT2D eigenvalue weighted by Crippen LogP contribution is 2.26. The van der Waals surface area contributed by atoms with Gasteiger partial charge in [-0.05, 0) is 62.8 Å². The van der Waals surface area contributed by atoms with Gasteiger partial charge in [0.25, 0.3) is 0 Å². The molecule has 1 aliphatic rings. The van der Waals surface area contributed by atoms with Gasteiger partial charge in [-0.3, -0.25) is 0 Å². The molecule has 1 aliphatic carbocycles. The maximum Gasteiger partial charge on any atom is 0.119 e. The summed E-state index contributed by atoms with van der Waals surface area (Å²) in [5, 5.41) is 0. The van der Waals surface area contributed by atoms with Gasteiger partial charge in [-0.2, -0.15) is 0 Å². The van der Waals surface area contributed by atoms with E-state index in [4.69, 9.17) is 10.5 Å². The summed E-state index contributed by atoms with van der Waals surface area (Å²) in [6, 6.07) is 8.86. The number of hydrogen-bond acceptors (Lipinski definition) is 3. The molecule has 0 bridgehead atoms. The number of nitrogens with zero attached hydrogens (tertiary/aromatic N) is 1. The van der Waals surface area contributed by atoms with Crippen molar-refractivity contribution in [1.82, 2.24) is 4.90 Å². The highest BCUT2D eigenvalue weighted by atomic mass is 16.5. The van der Waals surface area contributed by atoms with E-state index >= 15 is 0 Å². The molecule has 1 saturated carbocycles. The third-order valence-corrected chi connectivity index (χ3v) is 4.67. The van der Waals surface area contributed by atoms with E-state index < -0.39 is 0 Å². The van der Waals surface area contributed by atoms with Gasteiger partial charge >= 0.3 is 0 Å². The molecule has 1 aromatic carbocycles. The van der Waals surface area contributed by atoms with Gasteiger partial charge in [0.2, 0.25) is 0 Å². The topological polar surface area (TPSA) is 38.5 Å². The van der Waals surface area contributed by atoms with Crippen LogP contribution in [0.1, 0.15) is 44.6 Å². The van der Waals surface area contributed by atoms with Gasteiger partial charge in [0.15, 0.2) is 0 Å². The van der Waals surface area contributed by atoms with Crippen LogP contribution in [-0.2, 0) is 6.54 Å². The fourth-order valence-electron chi connectivity index (χ4n) is 3.13. The minimum Gasteiger partial charge on any atom is -0.494 e. The number of ether oxygens (including phenoxy) is 1. The zero-order valence-corrected chi connectivity index (χ0v) is 13.6. The molecule has 0 saturated heterocycles. The van der Waals surface area contributed by atoms with E-state index in [9.17, 15) is 0 Å². The Kier molecular flexibility index (Phi) is 6.52. The average Bonchev–Trinajstić information content (AvgIpc) is 2.52. The lowest BCUT2D eigenvalue weighted by atomic mass is 9.87. The number of nitrogens with two attached hydrogens (primary N) is 1. The molecule has 0 amide bonds. The molecule has 21 heavy (non-hydrogen) atoms. The standard InChI is InChI=1S/C18H30N2O/c1-15-7-9-17(10-8-15)20(2)11-4-12-21-18-6-3-5-16(13-18)14-19/h3,5-6,13,15,17H,4,7-12,14,19H2,1-2H3. The molecule has 2 rings (SSSR count). The first kappa shape index (κ1) is 16.3. The van der Waals surface area contributed by atoms with E-state index in [1.165, 1.54) is 25.7 Å². The second-order valence-electron chi connectivity index (χ2n) is 6.45. The summed E-state index contributed by atoms with van der Waals surface area (Å²) < 4.78 is 5.82. The summed E-state index contributed by atoms with van der Waals surface area (Å²) in [4.78, 5) is 2.52. The Hall–Kier alpha value is -1.06. The summed E-state index contributed by atoms with van der Waals surface area (Å²) in [7, 11) is 2.26. The van der Waals surface area contributed by atoms with Gasteiger partial charge in [0.1, 0.15) is 5.75 Å². The molecule has 3 nitrogen and oxygen atoms in total. The first-order valence-electron chi connectivity index (χ1n) is 8.31. The van der Waals surface area contributed by atoms with Gasteiger partial charge in [-0.15, -0.1) is 0 Å². The lowest BCUT2D eigenvalue weighted by Crippen LogP contribution is -2.35. The van der Waals surface area contributed by atoms with Crippen LogP contribution >= 0.6 is 0 Å². The third-order valence-electron chi connectivity index (χ3n) is 4.67. The van der Waals surface area contributed by atoms with Crippen LogP contribution in [0.3, 0.4) is 0 Å². The van der Waals surface area contributed by atoms with Crippen molar-refractivity contribution in [2.24, 2.45) is 11.7 Å². The summed E-state index contributed by atoms with van der Waals surface area (Å²) in [5.41, 5.74) is 6.77. The number of rotatable bonds is 7. The van der Waals surface area contributed by atoms with Crippen molar-refractivity contribution < 1.29 is 4.74 Å². The fraction of sp³-hybridized carbons (Fsp3) is 0.667. The lowest BCUT2D eigenvalue weighted by molar-refractivity contribution is 0.159. The monoisotopic (exact) mass is 290 g/mol. The zero-order chi connectivity index (χ0) is 15.1. The van der Waals surface area contributed by atoms with Crippen LogP contribution in [0.2, 0.25) is 0 Å². The van der Waals surface area contributed by atoms with E-state index in [1.807, 2.05) is 24.3 Å². The smallest absolute Gasteiger partial charge is 0.119 e. The zero-order valence-electron chi connectivity index (χ0n) is 13.6. The van der Waals surface area contributed by atoms with Crippen molar-refractivity contribution in [3.8, 4) is 5.75 Å². The average molecular weight is 290 g/mol. The summed E-state index contributed by atoms with van der Waals surface area (Å²) in [6.07, 6.45) is 6.57. The quantitative estimate of drug-likeness (QED) is 0.782. The normalized spacial score (nSPS) is 22.5. The van der Waals surface area contributed by atoms with Crippen molar-refractivity contribution in [3.63, 3.8) is 0 Å². The van der Waals surface area contributed by atoms with Crippen molar-refractivity contribution in [3.05, 3.63) is 29.8 Å². The maximum atomic E-state index is 5.82. The van der Waals surface area contributed by atoms with Gasteiger partial charge in [-0.1, -0.05) is 19.1 Å². The molecule has 0 aromatic heterocycles. The van der Waals surface area contributed by atoms with Crippen LogP contribution in [0.15, 0.2) is 24.3 Å². The van der Waals surface area contributed by atoms with Gasteiger partial charge in [0.05, 0.1) is 6.61 Å². The summed E-state index contributed by atoms with van der Waals surface area (Å²) in [5.74, 6) is 1.86. The molecule has 0 atom stereocenters. The molecule has 2 N–H and O–H groups in total. The van der Waals surface area contributed by atoms with Crippen LogP contribution in [0.5, 0.6) is 5.75 Å². The van der Waals surface area contributed by atoms with Gasteiger partial charge < -0.3 is 15.4 Å². The predicted molar refractivity (Wildman–Crippen MR) is 88.5 cm³/mol. The van der Waals surface area contributed by atoms with Crippen LogP contribution in [-0.4, -0.2) is 31.1 Å². The molecule has 0 aliphatic heterocycles. The summed E-state index contributed by atoms with van der Waals surface area (Å²) in [6.45, 7) is 4.84. The largest absolute Gasteiger partial charge is 0.494 e.